The largest absolute Gasteiger partial charge is 0.339 e. The van der Waals surface area contributed by atoms with Gasteiger partial charge in [-0.3, -0.25) is 4.79 Å². The van der Waals surface area contributed by atoms with Crippen molar-refractivity contribution in [1.29, 1.82) is 0 Å². The number of nitrogens with two attached hydrogens (primary N) is 1. The van der Waals surface area contributed by atoms with Gasteiger partial charge >= 0.3 is 0 Å². The first-order valence-electron chi connectivity index (χ1n) is 7.09. The molecule has 6 heteroatoms. The van der Waals surface area contributed by atoms with Crippen LogP contribution < -0.4 is 5.73 Å². The van der Waals surface area contributed by atoms with Gasteiger partial charge in [-0.25, -0.2) is 8.42 Å². The van der Waals surface area contributed by atoms with Crippen molar-refractivity contribution in [3.63, 3.8) is 0 Å². The summed E-state index contributed by atoms with van der Waals surface area (Å²) in [5.41, 5.74) is 5.85. The summed E-state index contributed by atoms with van der Waals surface area (Å²) in [7, 11) is -3.06. The fourth-order valence-corrected chi connectivity index (χ4v) is 3.35. The first-order valence-corrected chi connectivity index (χ1v) is 9.15. The minimum atomic E-state index is -3.06. The number of carbonyl (C=O) groups excluding carboxylic acids is 1. The average Bonchev–Trinajstić information content (AvgIpc) is 2.37. The summed E-state index contributed by atoms with van der Waals surface area (Å²) in [6.45, 7) is 2.60. The zero-order chi connectivity index (χ0) is 14.5. The molecule has 1 aliphatic rings. The molecule has 2 N–H and O–H groups in total. The molecule has 19 heavy (non-hydrogen) atoms. The molecular formula is C13H26N2O3S. The number of rotatable bonds is 6. The number of nitrogens with zero attached hydrogens (tertiary/aromatic N) is 1. The van der Waals surface area contributed by atoms with Crippen molar-refractivity contribution in [1.82, 2.24) is 4.90 Å². The normalized spacial score (nSPS) is 19.1. The molecule has 1 rings (SSSR count). The van der Waals surface area contributed by atoms with E-state index in [0.29, 0.717) is 6.54 Å². The van der Waals surface area contributed by atoms with Crippen molar-refractivity contribution < 1.29 is 13.2 Å². The fraction of sp³-hybridized carbons (Fsp3) is 0.923. The number of carbonyl (C=O) groups is 1. The van der Waals surface area contributed by atoms with Crippen LogP contribution in [0.25, 0.3) is 0 Å². The summed E-state index contributed by atoms with van der Waals surface area (Å²) in [5.74, 6) is -0.125. The third-order valence-electron chi connectivity index (χ3n) is 3.76. The van der Waals surface area contributed by atoms with Gasteiger partial charge in [0.1, 0.15) is 9.84 Å². The lowest BCUT2D eigenvalue weighted by Gasteiger charge is -2.35. The van der Waals surface area contributed by atoms with E-state index < -0.39 is 15.9 Å². The lowest BCUT2D eigenvalue weighted by atomic mass is 9.93. The molecule has 1 amide bonds. The van der Waals surface area contributed by atoms with Gasteiger partial charge in [0.2, 0.25) is 5.91 Å². The molecular weight excluding hydrogens is 264 g/mol. The van der Waals surface area contributed by atoms with E-state index >= 15 is 0 Å². The van der Waals surface area contributed by atoms with Crippen LogP contribution in [-0.2, 0) is 14.6 Å². The lowest BCUT2D eigenvalue weighted by molar-refractivity contribution is -0.135. The standard InChI is InChI=1S/C13H26N2O3S/c1-3-15(11-7-5-4-6-8-11)13(16)12(14)9-10-19(2,17)18/h11-12H,3-10,14H2,1-2H3. The zero-order valence-corrected chi connectivity index (χ0v) is 12.8. The molecule has 0 aromatic rings. The van der Waals surface area contributed by atoms with Crippen molar-refractivity contribution in [3.8, 4) is 0 Å². The average molecular weight is 290 g/mol. The lowest BCUT2D eigenvalue weighted by Crippen LogP contribution is -2.49. The highest BCUT2D eigenvalue weighted by Crippen LogP contribution is 2.23. The first-order chi connectivity index (χ1) is 8.85. The number of amides is 1. The highest BCUT2D eigenvalue weighted by atomic mass is 32.2. The zero-order valence-electron chi connectivity index (χ0n) is 12.0. The molecule has 5 nitrogen and oxygen atoms in total. The Morgan fingerprint density at radius 2 is 1.89 bits per heavy atom. The van der Waals surface area contributed by atoms with E-state index in [4.69, 9.17) is 5.73 Å². The number of hydrogen-bond acceptors (Lipinski definition) is 4. The summed E-state index contributed by atoms with van der Waals surface area (Å²) < 4.78 is 22.2. The Bertz CT molecular complexity index is 389. The topological polar surface area (TPSA) is 80.5 Å². The Balaban J connectivity index is 2.56. The maximum absolute atomic E-state index is 12.3. The highest BCUT2D eigenvalue weighted by Gasteiger charge is 2.27. The summed E-state index contributed by atoms with van der Waals surface area (Å²) in [6.07, 6.45) is 7.02. The molecule has 1 fully saturated rings. The highest BCUT2D eigenvalue weighted by molar-refractivity contribution is 7.90. The molecule has 0 heterocycles. The molecule has 0 radical (unpaired) electrons. The van der Waals surface area contributed by atoms with Gasteiger partial charge in [0.15, 0.2) is 0 Å². The molecule has 1 aliphatic carbocycles. The van der Waals surface area contributed by atoms with E-state index in [-0.39, 0.29) is 24.1 Å². The molecule has 1 unspecified atom stereocenters. The van der Waals surface area contributed by atoms with E-state index in [0.717, 1.165) is 25.7 Å². The van der Waals surface area contributed by atoms with Crippen molar-refractivity contribution >= 4 is 15.7 Å². The van der Waals surface area contributed by atoms with Crippen molar-refractivity contribution in [3.05, 3.63) is 0 Å². The van der Waals surface area contributed by atoms with Gasteiger partial charge in [0.05, 0.1) is 11.8 Å². The van der Waals surface area contributed by atoms with Crippen LogP contribution in [0, 0.1) is 0 Å². The number of likely N-dealkylation sites (N-methyl/N-ethyl adjacent to an activating group) is 1. The number of hydrogen-bond donors (Lipinski definition) is 1. The predicted molar refractivity (Wildman–Crippen MR) is 76.6 cm³/mol. The van der Waals surface area contributed by atoms with Gasteiger partial charge in [0, 0.05) is 18.8 Å². The van der Waals surface area contributed by atoms with Crippen LogP contribution in [0.3, 0.4) is 0 Å². The molecule has 0 aromatic carbocycles. The maximum Gasteiger partial charge on any atom is 0.239 e. The van der Waals surface area contributed by atoms with Gasteiger partial charge in [-0.15, -0.1) is 0 Å². The second-order valence-electron chi connectivity index (χ2n) is 5.44. The molecule has 1 atom stereocenters. The van der Waals surface area contributed by atoms with Crippen molar-refractivity contribution in [2.24, 2.45) is 5.73 Å². The van der Waals surface area contributed by atoms with E-state index in [2.05, 4.69) is 0 Å². The Morgan fingerprint density at radius 1 is 1.32 bits per heavy atom. The van der Waals surface area contributed by atoms with E-state index in [1.54, 1.807) is 0 Å². The monoisotopic (exact) mass is 290 g/mol. The third-order valence-corrected chi connectivity index (χ3v) is 4.73. The van der Waals surface area contributed by atoms with Crippen LogP contribution in [0.1, 0.15) is 45.4 Å². The van der Waals surface area contributed by atoms with Crippen LogP contribution in [0.15, 0.2) is 0 Å². The van der Waals surface area contributed by atoms with Gasteiger partial charge < -0.3 is 10.6 Å². The third kappa shape index (κ3) is 5.48. The Hall–Kier alpha value is -0.620. The van der Waals surface area contributed by atoms with Crippen molar-refractivity contribution in [2.45, 2.75) is 57.5 Å². The number of sulfone groups is 1. The summed E-state index contributed by atoms with van der Waals surface area (Å²) in [6, 6.07) is -0.410. The molecule has 0 spiro atoms. The SMILES string of the molecule is CCN(C(=O)C(N)CCS(C)(=O)=O)C1CCCCC1. The van der Waals surface area contributed by atoms with Crippen LogP contribution in [0.4, 0.5) is 0 Å². The first kappa shape index (κ1) is 16.4. The smallest absolute Gasteiger partial charge is 0.239 e. The van der Waals surface area contributed by atoms with Gasteiger partial charge in [-0.1, -0.05) is 19.3 Å². The van der Waals surface area contributed by atoms with Crippen LogP contribution in [0.5, 0.6) is 0 Å². The second-order valence-corrected chi connectivity index (χ2v) is 7.70. The summed E-state index contributed by atoms with van der Waals surface area (Å²) in [4.78, 5) is 14.1. The van der Waals surface area contributed by atoms with Crippen LogP contribution in [0.2, 0.25) is 0 Å². The molecule has 0 aromatic heterocycles. The fourth-order valence-electron chi connectivity index (χ4n) is 2.66. The van der Waals surface area contributed by atoms with Crippen molar-refractivity contribution in [2.75, 3.05) is 18.6 Å². The van der Waals surface area contributed by atoms with Crippen LogP contribution in [-0.4, -0.2) is 49.9 Å². The Morgan fingerprint density at radius 3 is 2.37 bits per heavy atom. The van der Waals surface area contributed by atoms with Crippen LogP contribution >= 0.6 is 0 Å². The molecule has 112 valence electrons. The molecule has 0 bridgehead atoms. The quantitative estimate of drug-likeness (QED) is 0.789. The second kappa shape index (κ2) is 7.24. The van der Waals surface area contributed by atoms with Gasteiger partial charge in [-0.2, -0.15) is 0 Å². The van der Waals surface area contributed by atoms with E-state index in [1.165, 1.54) is 12.7 Å². The molecule has 1 saturated carbocycles. The minimum absolute atomic E-state index is 0.0257. The molecule has 0 aliphatic heterocycles. The van der Waals surface area contributed by atoms with E-state index in [9.17, 15) is 13.2 Å². The molecule has 0 saturated heterocycles. The van der Waals surface area contributed by atoms with Gasteiger partial charge in [0.25, 0.3) is 0 Å². The Kier molecular flexibility index (Phi) is 6.26. The maximum atomic E-state index is 12.3. The predicted octanol–water partition coefficient (Wildman–Crippen LogP) is 0.930. The summed E-state index contributed by atoms with van der Waals surface area (Å²) in [5, 5.41) is 0. The summed E-state index contributed by atoms with van der Waals surface area (Å²) >= 11 is 0. The minimum Gasteiger partial charge on any atom is -0.339 e. The Labute approximate surface area is 116 Å². The van der Waals surface area contributed by atoms with E-state index in [1.807, 2.05) is 11.8 Å². The van der Waals surface area contributed by atoms with Gasteiger partial charge in [-0.05, 0) is 26.2 Å².